The van der Waals surface area contributed by atoms with Gasteiger partial charge in [0.25, 0.3) is 5.91 Å². The Morgan fingerprint density at radius 1 is 1.29 bits per heavy atom. The van der Waals surface area contributed by atoms with Crippen molar-refractivity contribution in [2.75, 3.05) is 36.7 Å². The summed E-state index contributed by atoms with van der Waals surface area (Å²) < 4.78 is 5.49. The lowest BCUT2D eigenvalue weighted by Crippen LogP contribution is -2.34. The van der Waals surface area contributed by atoms with E-state index in [0.29, 0.717) is 31.7 Å². The number of rotatable bonds is 7. The van der Waals surface area contributed by atoms with Crippen molar-refractivity contribution >= 4 is 23.6 Å². The van der Waals surface area contributed by atoms with Crippen molar-refractivity contribution in [1.29, 1.82) is 0 Å². The van der Waals surface area contributed by atoms with Crippen molar-refractivity contribution < 1.29 is 14.6 Å². The first-order valence-electron chi connectivity index (χ1n) is 10.8. The van der Waals surface area contributed by atoms with Gasteiger partial charge < -0.3 is 20.5 Å². The highest BCUT2D eigenvalue weighted by Gasteiger charge is 2.27. The van der Waals surface area contributed by atoms with Gasteiger partial charge in [-0.25, -0.2) is 9.99 Å². The SMILES string of the molecule is CCN1N=CCc2c1ncc(C(=O)N[C@H](CO)c1ccccc1)c2NC1CCOCC1. The van der Waals surface area contributed by atoms with Crippen LogP contribution in [0, 0.1) is 0 Å². The first kappa shape index (κ1) is 21.3. The number of pyridine rings is 1. The van der Waals surface area contributed by atoms with Gasteiger partial charge in [0.1, 0.15) is 0 Å². The smallest absolute Gasteiger partial charge is 0.255 e. The number of aliphatic hydroxyl groups excluding tert-OH is 1. The number of nitrogens with zero attached hydrogens (tertiary/aromatic N) is 3. The van der Waals surface area contributed by atoms with E-state index >= 15 is 0 Å². The van der Waals surface area contributed by atoms with Gasteiger partial charge in [-0.3, -0.25) is 4.79 Å². The van der Waals surface area contributed by atoms with E-state index < -0.39 is 6.04 Å². The number of fused-ring (bicyclic) bond motifs is 1. The Balaban J connectivity index is 1.66. The molecule has 31 heavy (non-hydrogen) atoms. The van der Waals surface area contributed by atoms with Crippen LogP contribution in [-0.4, -0.2) is 54.6 Å². The van der Waals surface area contributed by atoms with Crippen molar-refractivity contribution in [2.24, 2.45) is 5.10 Å². The van der Waals surface area contributed by atoms with Crippen molar-refractivity contribution in [2.45, 2.75) is 38.3 Å². The molecule has 1 amide bonds. The maximum Gasteiger partial charge on any atom is 0.255 e. The molecule has 1 aromatic heterocycles. The second-order valence-corrected chi connectivity index (χ2v) is 7.72. The Labute approximate surface area is 182 Å². The van der Waals surface area contributed by atoms with E-state index in [-0.39, 0.29) is 18.6 Å². The highest BCUT2D eigenvalue weighted by Crippen LogP contribution is 2.33. The molecule has 0 radical (unpaired) electrons. The van der Waals surface area contributed by atoms with Crippen LogP contribution in [0.2, 0.25) is 0 Å². The van der Waals surface area contributed by atoms with Crippen LogP contribution in [0.4, 0.5) is 11.5 Å². The van der Waals surface area contributed by atoms with Gasteiger partial charge >= 0.3 is 0 Å². The monoisotopic (exact) mass is 423 g/mol. The van der Waals surface area contributed by atoms with Gasteiger partial charge in [0, 0.05) is 50.2 Å². The topological polar surface area (TPSA) is 99.1 Å². The second-order valence-electron chi connectivity index (χ2n) is 7.72. The van der Waals surface area contributed by atoms with Crippen LogP contribution in [0.3, 0.4) is 0 Å². The molecule has 1 saturated heterocycles. The molecule has 3 N–H and O–H groups in total. The number of benzene rings is 1. The van der Waals surface area contributed by atoms with E-state index in [2.05, 4.69) is 20.7 Å². The van der Waals surface area contributed by atoms with Gasteiger partial charge in [-0.05, 0) is 25.3 Å². The molecule has 1 aromatic carbocycles. The highest BCUT2D eigenvalue weighted by molar-refractivity contribution is 6.01. The van der Waals surface area contributed by atoms with Crippen LogP contribution in [0.5, 0.6) is 0 Å². The average molecular weight is 424 g/mol. The molecule has 2 aliphatic heterocycles. The summed E-state index contributed by atoms with van der Waals surface area (Å²) in [4.78, 5) is 17.9. The molecule has 1 fully saturated rings. The lowest BCUT2D eigenvalue weighted by molar-refractivity contribution is 0.0900. The Hall–Kier alpha value is -2.97. The fraction of sp³-hybridized carbons (Fsp3) is 0.435. The zero-order valence-electron chi connectivity index (χ0n) is 17.8. The number of amides is 1. The van der Waals surface area contributed by atoms with Gasteiger partial charge in [0.15, 0.2) is 5.82 Å². The van der Waals surface area contributed by atoms with Gasteiger partial charge in [0.2, 0.25) is 0 Å². The largest absolute Gasteiger partial charge is 0.394 e. The van der Waals surface area contributed by atoms with Crippen LogP contribution < -0.4 is 15.6 Å². The predicted octanol–water partition coefficient (Wildman–Crippen LogP) is 2.50. The molecule has 2 aliphatic rings. The number of nitrogens with one attached hydrogen (secondary N) is 2. The summed E-state index contributed by atoms with van der Waals surface area (Å²) >= 11 is 0. The normalized spacial score (nSPS) is 17.2. The third kappa shape index (κ3) is 4.70. The molecule has 0 saturated carbocycles. The summed E-state index contributed by atoms with van der Waals surface area (Å²) in [5.41, 5.74) is 3.10. The van der Waals surface area contributed by atoms with Crippen LogP contribution in [0.15, 0.2) is 41.6 Å². The van der Waals surface area contributed by atoms with E-state index in [1.807, 2.05) is 48.5 Å². The van der Waals surface area contributed by atoms with Gasteiger partial charge in [-0.15, -0.1) is 0 Å². The first-order chi connectivity index (χ1) is 15.2. The number of hydrogen-bond acceptors (Lipinski definition) is 7. The molecule has 0 spiro atoms. The summed E-state index contributed by atoms with van der Waals surface area (Å²) in [6, 6.07) is 9.21. The second kappa shape index (κ2) is 9.89. The first-order valence-corrected chi connectivity index (χ1v) is 10.8. The number of hydrazone groups is 1. The number of ether oxygens (including phenoxy) is 1. The number of anilines is 2. The van der Waals surface area contributed by atoms with E-state index in [1.54, 1.807) is 6.20 Å². The van der Waals surface area contributed by atoms with Crippen LogP contribution in [0.1, 0.15) is 47.3 Å². The summed E-state index contributed by atoms with van der Waals surface area (Å²) in [6.07, 6.45) is 5.83. The standard InChI is InChI=1S/C23H29N5O3/c1-2-28-22-18(8-11-25-28)21(26-17-9-12-31-13-10-17)19(14-24-22)23(30)27-20(15-29)16-6-4-3-5-7-16/h3-7,11,14,17,20,29H,2,8-10,12-13,15H2,1H3,(H,24,26)(H,27,30)/t20-/m1/s1. The van der Waals surface area contributed by atoms with E-state index in [0.717, 1.165) is 35.5 Å². The molecule has 8 nitrogen and oxygen atoms in total. The minimum atomic E-state index is -0.491. The summed E-state index contributed by atoms with van der Waals surface area (Å²) in [5, 5.41) is 22.7. The Bertz CT molecular complexity index is 928. The Morgan fingerprint density at radius 2 is 2.06 bits per heavy atom. The lowest BCUT2D eigenvalue weighted by Gasteiger charge is -2.30. The molecule has 1 atom stereocenters. The Kier molecular flexibility index (Phi) is 6.79. The number of carbonyl (C=O) groups excluding carboxylic acids is 1. The van der Waals surface area contributed by atoms with E-state index in [4.69, 9.17) is 4.74 Å². The zero-order valence-corrected chi connectivity index (χ0v) is 17.8. The van der Waals surface area contributed by atoms with Gasteiger partial charge in [-0.1, -0.05) is 30.3 Å². The summed E-state index contributed by atoms with van der Waals surface area (Å²) in [6.45, 7) is 3.93. The maximum absolute atomic E-state index is 13.3. The van der Waals surface area contributed by atoms with Gasteiger partial charge in [-0.2, -0.15) is 5.10 Å². The highest BCUT2D eigenvalue weighted by atomic mass is 16.5. The molecule has 8 heteroatoms. The molecule has 0 unspecified atom stereocenters. The lowest BCUT2D eigenvalue weighted by atomic mass is 10.0. The number of hydrogen-bond donors (Lipinski definition) is 3. The number of carbonyl (C=O) groups is 1. The Morgan fingerprint density at radius 3 is 2.77 bits per heavy atom. The van der Waals surface area contributed by atoms with Crippen LogP contribution in [-0.2, 0) is 11.2 Å². The minimum Gasteiger partial charge on any atom is -0.394 e. The molecule has 3 heterocycles. The van der Waals surface area contributed by atoms with Crippen LogP contribution in [0.25, 0.3) is 0 Å². The molecule has 0 bridgehead atoms. The quantitative estimate of drug-likeness (QED) is 0.633. The van der Waals surface area contributed by atoms with E-state index in [9.17, 15) is 9.90 Å². The van der Waals surface area contributed by atoms with Gasteiger partial charge in [0.05, 0.1) is 23.9 Å². The number of aromatic nitrogens is 1. The summed E-state index contributed by atoms with van der Waals surface area (Å²) in [5.74, 6) is 0.510. The van der Waals surface area contributed by atoms with Crippen molar-refractivity contribution in [3.8, 4) is 0 Å². The molecular weight excluding hydrogens is 394 g/mol. The zero-order chi connectivity index (χ0) is 21.6. The average Bonchev–Trinajstić information content (AvgIpc) is 2.83. The van der Waals surface area contributed by atoms with E-state index in [1.165, 1.54) is 0 Å². The molecule has 2 aromatic rings. The molecule has 0 aliphatic carbocycles. The third-order valence-electron chi connectivity index (χ3n) is 5.72. The van der Waals surface area contributed by atoms with Crippen molar-refractivity contribution in [3.05, 3.63) is 53.2 Å². The third-order valence-corrected chi connectivity index (χ3v) is 5.72. The van der Waals surface area contributed by atoms with Crippen LogP contribution >= 0.6 is 0 Å². The van der Waals surface area contributed by atoms with Crippen molar-refractivity contribution in [1.82, 2.24) is 10.3 Å². The number of aliphatic hydroxyl groups is 1. The molecule has 4 rings (SSSR count). The van der Waals surface area contributed by atoms with Crippen molar-refractivity contribution in [3.63, 3.8) is 0 Å². The fourth-order valence-corrected chi connectivity index (χ4v) is 4.01. The fourth-order valence-electron chi connectivity index (χ4n) is 4.01. The summed E-state index contributed by atoms with van der Waals surface area (Å²) in [7, 11) is 0. The minimum absolute atomic E-state index is 0.187. The molecule has 164 valence electrons. The molecular formula is C23H29N5O3. The predicted molar refractivity (Wildman–Crippen MR) is 121 cm³/mol. The maximum atomic E-state index is 13.3.